The van der Waals surface area contributed by atoms with Gasteiger partial charge in [0.15, 0.2) is 0 Å². The van der Waals surface area contributed by atoms with Crippen LogP contribution in [0.3, 0.4) is 0 Å². The van der Waals surface area contributed by atoms with Crippen LogP contribution < -0.4 is 20.1 Å². The number of hydrogen-bond acceptors (Lipinski definition) is 6. The Bertz CT molecular complexity index is 1290. The van der Waals surface area contributed by atoms with Gasteiger partial charge in [0.05, 0.1) is 24.6 Å². The number of amides is 4. The van der Waals surface area contributed by atoms with Crippen molar-refractivity contribution in [2.75, 3.05) is 33.9 Å². The SMILES string of the molecule is CC(C)C[C@@H]1COc2ccccc2C(=O)N[C@H](C(=O)NCCOc2ccc(Cl)cc2)CC(=O)N(C)[C@@H](CC(C)C)C(=O)N1C. The largest absolute Gasteiger partial charge is 0.492 e. The van der Waals surface area contributed by atoms with E-state index in [0.29, 0.717) is 29.4 Å². The molecule has 2 aromatic rings. The highest BCUT2D eigenvalue weighted by Gasteiger charge is 2.36. The minimum Gasteiger partial charge on any atom is -0.492 e. The first-order valence-electron chi connectivity index (χ1n) is 15.1. The number of nitrogens with one attached hydrogen (secondary N) is 2. The molecule has 11 heteroatoms. The van der Waals surface area contributed by atoms with Crippen molar-refractivity contribution in [3.8, 4) is 11.5 Å². The number of hydrogen-bond donors (Lipinski definition) is 2. The van der Waals surface area contributed by atoms with Gasteiger partial charge in [0, 0.05) is 19.1 Å². The molecule has 0 saturated carbocycles. The van der Waals surface area contributed by atoms with Crippen LogP contribution in [0.4, 0.5) is 0 Å². The topological polar surface area (TPSA) is 117 Å². The van der Waals surface area contributed by atoms with Gasteiger partial charge in [0.1, 0.15) is 36.8 Å². The third kappa shape index (κ3) is 9.87. The number of fused-ring (bicyclic) bond motifs is 1. The second-order valence-corrected chi connectivity index (χ2v) is 12.4. The van der Waals surface area contributed by atoms with Crippen molar-refractivity contribution in [2.45, 2.75) is 65.1 Å². The van der Waals surface area contributed by atoms with Crippen molar-refractivity contribution in [3.05, 3.63) is 59.1 Å². The summed E-state index contributed by atoms with van der Waals surface area (Å²) in [5.41, 5.74) is 0.226. The molecule has 3 atom stereocenters. The number of benzene rings is 2. The van der Waals surface area contributed by atoms with Crippen molar-refractivity contribution in [1.82, 2.24) is 20.4 Å². The Balaban J connectivity index is 1.89. The number of likely N-dealkylation sites (N-methyl/N-ethyl adjacent to an activating group) is 2. The molecule has 2 N–H and O–H groups in total. The van der Waals surface area contributed by atoms with E-state index in [0.717, 1.165) is 0 Å². The van der Waals surface area contributed by atoms with Crippen LogP contribution in [0.1, 0.15) is 57.3 Å². The molecule has 44 heavy (non-hydrogen) atoms. The van der Waals surface area contributed by atoms with Gasteiger partial charge in [-0.05, 0) is 61.1 Å². The lowest BCUT2D eigenvalue weighted by Gasteiger charge is -2.37. The molecule has 0 radical (unpaired) electrons. The Morgan fingerprint density at radius 1 is 1.00 bits per heavy atom. The highest BCUT2D eigenvalue weighted by Crippen LogP contribution is 2.23. The number of nitrogens with zero attached hydrogens (tertiary/aromatic N) is 2. The summed E-state index contributed by atoms with van der Waals surface area (Å²) in [6.07, 6.45) is 0.775. The number of rotatable bonds is 9. The first-order chi connectivity index (χ1) is 20.9. The number of halogens is 1. The molecule has 0 aromatic heterocycles. The van der Waals surface area contributed by atoms with Crippen molar-refractivity contribution in [2.24, 2.45) is 11.8 Å². The van der Waals surface area contributed by atoms with Crippen molar-refractivity contribution in [1.29, 1.82) is 0 Å². The van der Waals surface area contributed by atoms with Crippen LogP contribution in [0.15, 0.2) is 48.5 Å². The van der Waals surface area contributed by atoms with Crippen molar-refractivity contribution in [3.63, 3.8) is 0 Å². The summed E-state index contributed by atoms with van der Waals surface area (Å²) in [6.45, 7) is 8.58. The number of para-hydroxylation sites is 1. The molecule has 1 aliphatic heterocycles. The Kier molecular flexibility index (Phi) is 12.9. The molecule has 3 rings (SSSR count). The van der Waals surface area contributed by atoms with E-state index in [1.165, 1.54) is 4.90 Å². The van der Waals surface area contributed by atoms with Crippen LogP contribution >= 0.6 is 11.6 Å². The zero-order valence-corrected chi connectivity index (χ0v) is 27.2. The molecule has 1 heterocycles. The summed E-state index contributed by atoms with van der Waals surface area (Å²) >= 11 is 5.92. The first kappa shape index (κ1) is 34.7. The normalized spacial score (nSPS) is 20.1. The summed E-state index contributed by atoms with van der Waals surface area (Å²) < 4.78 is 11.8. The summed E-state index contributed by atoms with van der Waals surface area (Å²) in [5.74, 6) is -0.414. The minimum atomic E-state index is -1.20. The van der Waals surface area contributed by atoms with E-state index in [4.69, 9.17) is 21.1 Å². The third-order valence-electron chi connectivity index (χ3n) is 7.53. The van der Waals surface area contributed by atoms with E-state index in [1.54, 1.807) is 67.5 Å². The Morgan fingerprint density at radius 3 is 2.32 bits per heavy atom. The second-order valence-electron chi connectivity index (χ2n) is 12.0. The van der Waals surface area contributed by atoms with Crippen molar-refractivity contribution >= 4 is 35.2 Å². The molecule has 0 bridgehead atoms. The zero-order valence-electron chi connectivity index (χ0n) is 26.5. The molecule has 240 valence electrons. The van der Waals surface area contributed by atoms with E-state index in [-0.39, 0.29) is 55.5 Å². The zero-order chi connectivity index (χ0) is 32.4. The quantitative estimate of drug-likeness (QED) is 0.403. The fourth-order valence-electron chi connectivity index (χ4n) is 5.07. The molecule has 0 fully saturated rings. The van der Waals surface area contributed by atoms with Gasteiger partial charge in [-0.1, -0.05) is 51.4 Å². The van der Waals surface area contributed by atoms with E-state index in [2.05, 4.69) is 24.5 Å². The average Bonchev–Trinajstić information content (AvgIpc) is 2.98. The van der Waals surface area contributed by atoms with E-state index < -0.39 is 29.8 Å². The van der Waals surface area contributed by atoms with Crippen LogP contribution in [0.2, 0.25) is 5.02 Å². The number of ether oxygens (including phenoxy) is 2. The summed E-state index contributed by atoms with van der Waals surface area (Å²) in [7, 11) is 3.31. The predicted octanol–water partition coefficient (Wildman–Crippen LogP) is 4.16. The Labute approximate surface area is 265 Å². The van der Waals surface area contributed by atoms with Gasteiger partial charge in [-0.2, -0.15) is 0 Å². The molecular formula is C33H45ClN4O6. The highest BCUT2D eigenvalue weighted by molar-refractivity contribution is 6.30. The Morgan fingerprint density at radius 2 is 1.66 bits per heavy atom. The van der Waals surface area contributed by atoms with Gasteiger partial charge < -0.3 is 29.9 Å². The summed E-state index contributed by atoms with van der Waals surface area (Å²) in [6, 6.07) is 11.3. The molecule has 0 aliphatic carbocycles. The molecular weight excluding hydrogens is 584 g/mol. The van der Waals surface area contributed by atoms with Gasteiger partial charge in [0.2, 0.25) is 17.7 Å². The fourth-order valence-corrected chi connectivity index (χ4v) is 5.20. The van der Waals surface area contributed by atoms with E-state index in [1.807, 2.05) is 13.8 Å². The molecule has 4 amide bonds. The molecule has 0 spiro atoms. The molecule has 0 saturated heterocycles. The maximum atomic E-state index is 13.9. The van der Waals surface area contributed by atoms with Crippen LogP contribution in [-0.4, -0.2) is 85.4 Å². The molecule has 1 aliphatic rings. The van der Waals surface area contributed by atoms with Crippen molar-refractivity contribution < 1.29 is 28.7 Å². The average molecular weight is 629 g/mol. The standard InChI is InChI=1S/C33H45ClN4O6/c1-21(2)17-24-20-44-29-10-8-7-9-26(29)31(40)36-27(32(41)35-15-16-43-25-13-11-23(34)12-14-25)19-30(39)38(6)28(18-22(3)4)33(42)37(24)5/h7-14,21-22,24,27-28H,15-20H2,1-6H3,(H,35,41)(H,36,40)/t24-,27+,28+/m1/s1. The van der Waals surface area contributed by atoms with Gasteiger partial charge in [-0.25, -0.2) is 0 Å². The van der Waals surface area contributed by atoms with Crippen LogP contribution in [-0.2, 0) is 14.4 Å². The minimum absolute atomic E-state index is 0.123. The van der Waals surface area contributed by atoms with Crippen LogP contribution in [0.25, 0.3) is 0 Å². The van der Waals surface area contributed by atoms with Gasteiger partial charge in [0.25, 0.3) is 5.91 Å². The fraction of sp³-hybridized carbons (Fsp3) is 0.515. The lowest BCUT2D eigenvalue weighted by atomic mass is 9.98. The molecule has 10 nitrogen and oxygen atoms in total. The first-order valence-corrected chi connectivity index (χ1v) is 15.5. The number of carbonyl (C=O) groups excluding carboxylic acids is 4. The van der Waals surface area contributed by atoms with Gasteiger partial charge in [-0.3, -0.25) is 19.2 Å². The monoisotopic (exact) mass is 628 g/mol. The third-order valence-corrected chi connectivity index (χ3v) is 7.78. The molecule has 0 unspecified atom stereocenters. The van der Waals surface area contributed by atoms with Crippen LogP contribution in [0, 0.1) is 11.8 Å². The van der Waals surface area contributed by atoms with E-state index >= 15 is 0 Å². The highest BCUT2D eigenvalue weighted by atomic mass is 35.5. The van der Waals surface area contributed by atoms with Gasteiger partial charge >= 0.3 is 0 Å². The lowest BCUT2D eigenvalue weighted by molar-refractivity contribution is -0.147. The maximum Gasteiger partial charge on any atom is 0.255 e. The molecule has 2 aromatic carbocycles. The number of carbonyl (C=O) groups is 4. The maximum absolute atomic E-state index is 13.9. The lowest BCUT2D eigenvalue weighted by Crippen LogP contribution is -2.55. The van der Waals surface area contributed by atoms with Crippen LogP contribution in [0.5, 0.6) is 11.5 Å². The predicted molar refractivity (Wildman–Crippen MR) is 170 cm³/mol. The summed E-state index contributed by atoms with van der Waals surface area (Å²) in [4.78, 5) is 57.5. The smallest absolute Gasteiger partial charge is 0.255 e. The summed E-state index contributed by atoms with van der Waals surface area (Å²) in [5, 5.41) is 6.06. The second kappa shape index (κ2) is 16.3. The van der Waals surface area contributed by atoms with Gasteiger partial charge in [-0.15, -0.1) is 0 Å². The van der Waals surface area contributed by atoms with E-state index in [9.17, 15) is 19.2 Å². The Hall–Kier alpha value is -3.79.